The molecule has 1 heterocycles. The number of rotatable bonds is 3. The lowest BCUT2D eigenvalue weighted by molar-refractivity contribution is 0.475. The number of phenols is 1. The molecule has 0 aliphatic heterocycles. The molecule has 0 fully saturated rings. The topological polar surface area (TPSA) is 58.3 Å². The van der Waals surface area contributed by atoms with Crippen molar-refractivity contribution < 1.29 is 9.52 Å². The molecule has 0 amide bonds. The van der Waals surface area contributed by atoms with Gasteiger partial charge in [0.15, 0.2) is 5.76 Å². The van der Waals surface area contributed by atoms with Crippen LogP contribution in [-0.4, -0.2) is 10.1 Å². The van der Waals surface area contributed by atoms with Gasteiger partial charge in [-0.2, -0.15) is 0 Å². The van der Waals surface area contributed by atoms with Crippen molar-refractivity contribution in [2.24, 2.45) is 0 Å². The van der Waals surface area contributed by atoms with Gasteiger partial charge in [0.25, 0.3) is 6.01 Å². The second-order valence-electron chi connectivity index (χ2n) is 4.57. The monoisotopic (exact) mass is 266 g/mol. The summed E-state index contributed by atoms with van der Waals surface area (Å²) in [5, 5.41) is 12.4. The van der Waals surface area contributed by atoms with Crippen molar-refractivity contribution in [3.8, 4) is 17.1 Å². The Morgan fingerprint density at radius 1 is 1.10 bits per heavy atom. The van der Waals surface area contributed by atoms with E-state index in [4.69, 9.17) is 4.42 Å². The van der Waals surface area contributed by atoms with Gasteiger partial charge in [-0.05, 0) is 19.1 Å². The zero-order valence-electron chi connectivity index (χ0n) is 11.0. The van der Waals surface area contributed by atoms with Crippen LogP contribution in [0.1, 0.15) is 5.56 Å². The molecular formula is C16H14N2O2. The summed E-state index contributed by atoms with van der Waals surface area (Å²) in [7, 11) is 0. The van der Waals surface area contributed by atoms with Crippen molar-refractivity contribution in [3.05, 3.63) is 60.3 Å². The summed E-state index contributed by atoms with van der Waals surface area (Å²) in [6, 6.07) is 15.2. The highest BCUT2D eigenvalue weighted by Crippen LogP contribution is 2.25. The van der Waals surface area contributed by atoms with E-state index in [2.05, 4.69) is 10.3 Å². The summed E-state index contributed by atoms with van der Waals surface area (Å²) >= 11 is 0. The Labute approximate surface area is 116 Å². The molecule has 0 spiro atoms. The first-order valence-electron chi connectivity index (χ1n) is 6.30. The summed E-state index contributed by atoms with van der Waals surface area (Å²) in [6.45, 7) is 2.04. The van der Waals surface area contributed by atoms with E-state index >= 15 is 0 Å². The van der Waals surface area contributed by atoms with E-state index in [-0.39, 0.29) is 5.75 Å². The van der Waals surface area contributed by atoms with E-state index in [0.717, 1.165) is 11.3 Å². The van der Waals surface area contributed by atoms with Crippen molar-refractivity contribution in [2.45, 2.75) is 6.92 Å². The lowest BCUT2D eigenvalue weighted by atomic mass is 10.1. The van der Waals surface area contributed by atoms with E-state index in [1.165, 1.54) is 5.56 Å². The second kappa shape index (κ2) is 5.09. The molecule has 4 nitrogen and oxygen atoms in total. The molecule has 0 saturated heterocycles. The van der Waals surface area contributed by atoms with E-state index in [1.807, 2.05) is 37.3 Å². The number of nitrogens with one attached hydrogen (secondary N) is 1. The number of phenolic OH excluding ortho intramolecular Hbond substituents is 1. The molecule has 1 aromatic heterocycles. The van der Waals surface area contributed by atoms with Crippen LogP contribution in [0.25, 0.3) is 11.3 Å². The normalized spacial score (nSPS) is 10.4. The quantitative estimate of drug-likeness (QED) is 0.749. The summed E-state index contributed by atoms with van der Waals surface area (Å²) in [5.41, 5.74) is 2.90. The van der Waals surface area contributed by atoms with E-state index in [0.29, 0.717) is 11.8 Å². The number of hydrogen-bond donors (Lipinski definition) is 2. The number of oxazole rings is 1. The Bertz CT molecular complexity index is 717. The molecule has 4 heteroatoms. The fraction of sp³-hybridized carbons (Fsp3) is 0.0625. The molecule has 3 aromatic rings. The molecule has 0 unspecified atom stereocenters. The van der Waals surface area contributed by atoms with Crippen LogP contribution >= 0.6 is 0 Å². The highest BCUT2D eigenvalue weighted by molar-refractivity contribution is 5.60. The Balaban J connectivity index is 1.82. The van der Waals surface area contributed by atoms with Crippen molar-refractivity contribution in [1.29, 1.82) is 0 Å². The van der Waals surface area contributed by atoms with Gasteiger partial charge < -0.3 is 14.8 Å². The minimum Gasteiger partial charge on any atom is -0.508 e. The SMILES string of the molecule is Cc1ccc(-c2cnc(Nc3cccc(O)c3)o2)cc1. The van der Waals surface area contributed by atoms with Gasteiger partial charge in [0.2, 0.25) is 0 Å². The van der Waals surface area contributed by atoms with Gasteiger partial charge in [-0.1, -0.05) is 35.9 Å². The number of aromatic hydroxyl groups is 1. The molecule has 0 bridgehead atoms. The number of nitrogens with zero attached hydrogens (tertiary/aromatic N) is 1. The van der Waals surface area contributed by atoms with Gasteiger partial charge in [-0.3, -0.25) is 0 Å². The molecule has 2 aromatic carbocycles. The Morgan fingerprint density at radius 2 is 1.90 bits per heavy atom. The first-order valence-corrected chi connectivity index (χ1v) is 6.30. The van der Waals surface area contributed by atoms with Gasteiger partial charge in [-0.15, -0.1) is 0 Å². The lowest BCUT2D eigenvalue weighted by Crippen LogP contribution is -1.88. The number of aryl methyl sites for hydroxylation is 1. The van der Waals surface area contributed by atoms with Crippen molar-refractivity contribution in [3.63, 3.8) is 0 Å². The Hall–Kier alpha value is -2.75. The highest BCUT2D eigenvalue weighted by Gasteiger charge is 2.06. The van der Waals surface area contributed by atoms with Crippen LogP contribution in [0.2, 0.25) is 0 Å². The first kappa shape index (κ1) is 12.3. The van der Waals surface area contributed by atoms with Gasteiger partial charge in [-0.25, -0.2) is 4.98 Å². The maximum Gasteiger partial charge on any atom is 0.299 e. The van der Waals surface area contributed by atoms with Crippen LogP contribution in [0.3, 0.4) is 0 Å². The third-order valence-corrected chi connectivity index (χ3v) is 2.94. The molecule has 20 heavy (non-hydrogen) atoms. The van der Waals surface area contributed by atoms with Crippen LogP contribution in [0.5, 0.6) is 5.75 Å². The highest BCUT2D eigenvalue weighted by atomic mass is 16.4. The number of anilines is 2. The summed E-state index contributed by atoms with van der Waals surface area (Å²) in [6.07, 6.45) is 1.68. The van der Waals surface area contributed by atoms with Crippen molar-refractivity contribution >= 4 is 11.7 Å². The van der Waals surface area contributed by atoms with E-state index in [9.17, 15) is 5.11 Å². The maximum atomic E-state index is 9.41. The second-order valence-corrected chi connectivity index (χ2v) is 4.57. The molecule has 2 N–H and O–H groups in total. The largest absolute Gasteiger partial charge is 0.508 e. The van der Waals surface area contributed by atoms with Crippen LogP contribution in [-0.2, 0) is 0 Å². The number of hydrogen-bond acceptors (Lipinski definition) is 4. The van der Waals surface area contributed by atoms with Crippen LogP contribution in [0.4, 0.5) is 11.7 Å². The fourth-order valence-corrected chi connectivity index (χ4v) is 1.89. The molecular weight excluding hydrogens is 252 g/mol. The molecule has 0 radical (unpaired) electrons. The number of benzene rings is 2. The standard InChI is InChI=1S/C16H14N2O2/c1-11-5-7-12(8-6-11)15-10-17-16(20-15)18-13-3-2-4-14(19)9-13/h2-10,19H,1H3,(H,17,18). The summed E-state index contributed by atoms with van der Waals surface area (Å²) in [5.74, 6) is 0.896. The zero-order valence-corrected chi connectivity index (χ0v) is 11.0. The third kappa shape index (κ3) is 2.64. The molecule has 0 atom stereocenters. The minimum absolute atomic E-state index is 0.195. The van der Waals surface area contributed by atoms with Gasteiger partial charge in [0.05, 0.1) is 6.20 Å². The van der Waals surface area contributed by atoms with Crippen LogP contribution in [0, 0.1) is 6.92 Å². The van der Waals surface area contributed by atoms with E-state index in [1.54, 1.807) is 24.4 Å². The average molecular weight is 266 g/mol. The fourth-order valence-electron chi connectivity index (χ4n) is 1.89. The Kier molecular flexibility index (Phi) is 3.13. The predicted octanol–water partition coefficient (Wildman–Crippen LogP) is 4.10. The molecule has 0 aliphatic carbocycles. The number of aromatic nitrogens is 1. The predicted molar refractivity (Wildman–Crippen MR) is 78.1 cm³/mol. The van der Waals surface area contributed by atoms with Gasteiger partial charge >= 0.3 is 0 Å². The van der Waals surface area contributed by atoms with E-state index < -0.39 is 0 Å². The summed E-state index contributed by atoms with van der Waals surface area (Å²) in [4.78, 5) is 4.18. The van der Waals surface area contributed by atoms with Gasteiger partial charge in [0.1, 0.15) is 5.75 Å². The van der Waals surface area contributed by atoms with Gasteiger partial charge in [0, 0.05) is 17.3 Å². The average Bonchev–Trinajstić information content (AvgIpc) is 2.88. The lowest BCUT2D eigenvalue weighted by Gasteiger charge is -2.02. The summed E-state index contributed by atoms with van der Waals surface area (Å²) < 4.78 is 5.65. The Morgan fingerprint density at radius 3 is 2.65 bits per heavy atom. The molecule has 0 saturated carbocycles. The maximum absolute atomic E-state index is 9.41. The molecule has 0 aliphatic rings. The first-order chi connectivity index (χ1) is 9.70. The smallest absolute Gasteiger partial charge is 0.299 e. The minimum atomic E-state index is 0.195. The third-order valence-electron chi connectivity index (χ3n) is 2.94. The zero-order chi connectivity index (χ0) is 13.9. The molecule has 3 rings (SSSR count). The molecule has 100 valence electrons. The van der Waals surface area contributed by atoms with Crippen molar-refractivity contribution in [1.82, 2.24) is 4.98 Å². The van der Waals surface area contributed by atoms with Crippen LogP contribution in [0.15, 0.2) is 59.1 Å². The van der Waals surface area contributed by atoms with Crippen LogP contribution < -0.4 is 5.32 Å². The van der Waals surface area contributed by atoms with Crippen molar-refractivity contribution in [2.75, 3.05) is 5.32 Å².